The monoisotopic (exact) mass is 2020 g/mol. The van der Waals surface area contributed by atoms with Crippen LogP contribution < -0.4 is 34.0 Å². The second kappa shape index (κ2) is 56.4. The molecule has 786 valence electrons. The second-order valence-corrected chi connectivity index (χ2v) is 48.8. The molecule has 2 fully saturated rings. The number of thiophene rings is 1. The zero-order valence-corrected chi connectivity index (χ0v) is 93.1. The molecule has 0 N–H and O–H groups in total. The van der Waals surface area contributed by atoms with Gasteiger partial charge in [0.2, 0.25) is 0 Å². The number of sulfone groups is 1. The number of nitrogens with zero attached hydrogens (tertiary/aromatic N) is 7. The van der Waals surface area contributed by atoms with Gasteiger partial charge in [-0.1, -0.05) is 263 Å². The molecule has 7 aromatic carbocycles. The summed E-state index contributed by atoms with van der Waals surface area (Å²) in [5, 5.41) is 16.1. The molecule has 2 saturated heterocycles. The normalized spacial score (nSPS) is 13.6. The van der Waals surface area contributed by atoms with Crippen molar-refractivity contribution in [2.24, 2.45) is 44.3 Å². The number of hydrogen-bond acceptors (Lipinski definition) is 16. The van der Waals surface area contributed by atoms with Crippen LogP contribution in [0.4, 0.5) is 13.2 Å². The summed E-state index contributed by atoms with van der Waals surface area (Å²) in [6, 6.07) is 68.9. The van der Waals surface area contributed by atoms with E-state index in [0.29, 0.717) is 91.6 Å². The van der Waals surface area contributed by atoms with Crippen molar-refractivity contribution in [3.8, 4) is 40.6 Å². The number of piperidine rings is 2. The number of hydrogen-bond donors (Lipinski definition) is 0. The number of rotatable bonds is 20. The van der Waals surface area contributed by atoms with Gasteiger partial charge in [0.25, 0.3) is 17.4 Å². The molecule has 4 aromatic heterocycles. The lowest BCUT2D eigenvalue weighted by molar-refractivity contribution is -0.138. The first-order valence-corrected chi connectivity index (χ1v) is 53.1. The van der Waals surface area contributed by atoms with Gasteiger partial charge >= 0.3 is 6.18 Å². The molecule has 7 heterocycles. The minimum Gasteiger partial charge on any atom is -0.497 e. The van der Waals surface area contributed by atoms with Crippen LogP contribution in [-0.2, 0) is 70.5 Å². The van der Waals surface area contributed by atoms with E-state index < -0.39 is 33.2 Å². The van der Waals surface area contributed by atoms with E-state index in [1.165, 1.54) is 79.9 Å². The highest BCUT2D eigenvalue weighted by atomic mass is 32.2. The molecule has 0 atom stereocenters. The number of aromatic nitrogens is 4. The Hall–Kier alpha value is -11.3. The number of ether oxygens (including phenoxy) is 7. The highest BCUT2D eigenvalue weighted by Gasteiger charge is 2.39. The maximum absolute atomic E-state index is 13.0. The summed E-state index contributed by atoms with van der Waals surface area (Å²) in [6.45, 7) is 62.9. The summed E-state index contributed by atoms with van der Waals surface area (Å²) in [5.74, 6) is 6.05. The fraction of sp³-hybridized carbons (Fsp3) is 0.500. The number of alkyl halides is 3. The van der Waals surface area contributed by atoms with Crippen LogP contribution in [-0.4, -0.2) is 129 Å². The number of fused-ring (bicyclic) bond motifs is 2. The molecule has 144 heavy (non-hydrogen) atoms. The van der Waals surface area contributed by atoms with Crippen molar-refractivity contribution < 1.29 is 64.3 Å². The van der Waals surface area contributed by atoms with E-state index in [1.807, 2.05) is 139 Å². The molecule has 0 radical (unpaired) electrons. The number of aryl methyl sites for hydroxylation is 2. The molecule has 24 heteroatoms. The SMILES string of the molecule is CC(C)(C)C1CCN(C(=O)c2cccs2)CC1.CC(C)(C)C1CCN(C(=O)c2ncccc2C(F)(F)F)CC1.CC(C)(C)CCn1ccc2ccccc21.CC(C)(C)Cc1ccc2c(c1)OCCO2.CC(C)(C)c1ccc(=O)n(CCOc2ccccc2)n1.CC(C)(C)c1ccc(S(C)(=O)=O)cc1.CCOc1ccc(CC#N)cc1.COc1ccc(CCC(C)(C)C)cc1.COc1ccc(COCC(C)(C)C)cc1. The van der Waals surface area contributed by atoms with Gasteiger partial charge in [-0.2, -0.15) is 23.5 Å². The molecule has 3 aliphatic rings. The number of pyridine rings is 1. The Morgan fingerprint density at radius 2 is 1.04 bits per heavy atom. The van der Waals surface area contributed by atoms with Crippen molar-refractivity contribution in [1.29, 1.82) is 5.26 Å². The van der Waals surface area contributed by atoms with E-state index in [-0.39, 0.29) is 33.1 Å². The summed E-state index contributed by atoms with van der Waals surface area (Å²) in [5.41, 5.74) is 8.62. The lowest BCUT2D eigenvalue weighted by atomic mass is 9.75. The molecule has 14 rings (SSSR count). The zero-order chi connectivity index (χ0) is 107. The van der Waals surface area contributed by atoms with Gasteiger partial charge in [-0.3, -0.25) is 19.4 Å². The third kappa shape index (κ3) is 45.6. The highest BCUT2D eigenvalue weighted by molar-refractivity contribution is 7.90. The molecule has 0 unspecified atom stereocenters. The average Bonchev–Trinajstić information content (AvgIpc) is 1.13. The fourth-order valence-electron chi connectivity index (χ4n) is 15.5. The fourth-order valence-corrected chi connectivity index (χ4v) is 16.8. The van der Waals surface area contributed by atoms with Gasteiger partial charge in [0.05, 0.1) is 74.1 Å². The number of carbonyl (C=O) groups excluding carboxylic acids is 2. The van der Waals surface area contributed by atoms with Crippen LogP contribution in [0.2, 0.25) is 0 Å². The van der Waals surface area contributed by atoms with Crippen molar-refractivity contribution in [2.45, 2.75) is 272 Å². The lowest BCUT2D eigenvalue weighted by Crippen LogP contribution is -2.42. The summed E-state index contributed by atoms with van der Waals surface area (Å²) in [4.78, 5) is 44.8. The summed E-state index contributed by atoms with van der Waals surface area (Å²) < 4.78 is 103. The third-order valence-electron chi connectivity index (χ3n) is 24.1. The van der Waals surface area contributed by atoms with Crippen molar-refractivity contribution in [2.75, 3.05) is 79.7 Å². The number of nitriles is 1. The molecule has 0 aliphatic carbocycles. The molecule has 0 bridgehead atoms. The van der Waals surface area contributed by atoms with Gasteiger partial charge in [0, 0.05) is 68.4 Å². The molecule has 2 amide bonds. The smallest absolute Gasteiger partial charge is 0.418 e. The predicted molar refractivity (Wildman–Crippen MR) is 584 cm³/mol. The minimum absolute atomic E-state index is 0.0655. The van der Waals surface area contributed by atoms with E-state index in [0.717, 1.165) is 133 Å². The third-order valence-corrected chi connectivity index (χ3v) is 26.1. The second-order valence-electron chi connectivity index (χ2n) is 45.8. The minimum atomic E-state index is -4.57. The van der Waals surface area contributed by atoms with Gasteiger partial charge in [0.15, 0.2) is 21.3 Å². The van der Waals surface area contributed by atoms with Crippen LogP contribution >= 0.6 is 11.3 Å². The van der Waals surface area contributed by atoms with Gasteiger partial charge in [-0.05, 0) is 256 Å². The summed E-state index contributed by atoms with van der Waals surface area (Å²) in [7, 11) is 0.305. The Balaban J connectivity index is 0.000000249. The first kappa shape index (κ1) is 121. The number of benzene rings is 7. The predicted octanol–water partition coefficient (Wildman–Crippen LogP) is 28.9. The molecular formula is C120H166F3N7O12S2. The standard InChI is InChI=1S/C16H21F3N2O.C16H20N2O2.C14H21NOS.C14H19N.C13H18O2.C13H20O2.C13H20O.C11H16O2S.C10H11NO/c1-15(2,3)11-6-9-21(10-7-11)14(22)13-12(16(17,18)19)5-4-8-20-13;1-16(2,3)14-9-10-15(19)18(17-14)11-12-20-13-7-5-4-6-8-13;1-14(2,3)11-6-8-15(9-7-11)13(16)12-5-4-10-17-12;1-14(2,3)9-11-15-10-8-12-6-4-5-7-13(12)15;1-13(2,3)9-10-4-5-11-12(8-10)15-7-6-14-11;1-13(2,3)10-15-9-11-5-7-12(14-4)8-6-11;1-13(2,3)10-9-11-5-7-12(14-4)8-6-11;1-11(2,3)9-5-7-10(8-6-9)14(4,12)13;1-2-12-10-5-3-9(4-6-10)7-8-11/h4-5,8,11H,6-7,9-10H2,1-3H3;4-10H,11-12H2,1-3H3;4-5,10-11H,6-9H2,1-3H3;4-8,10H,9,11H2,1-3H3;4-5,8H,6-7,9H2,1-3H3;5-8H,9-10H2,1-4H3;5-8H,9-10H2,1-4H3;5-8H,1-4H3;3-6H,2,7H2,1H3. The largest absolute Gasteiger partial charge is 0.497 e. The number of halogens is 3. The number of amides is 2. The van der Waals surface area contributed by atoms with Crippen LogP contribution in [0, 0.1) is 55.7 Å². The molecule has 19 nitrogen and oxygen atoms in total. The van der Waals surface area contributed by atoms with Crippen LogP contribution in [0.15, 0.2) is 240 Å². The maximum atomic E-state index is 13.0. The Morgan fingerprint density at radius 1 is 0.521 bits per heavy atom. The summed E-state index contributed by atoms with van der Waals surface area (Å²) >= 11 is 1.54. The van der Waals surface area contributed by atoms with E-state index in [4.69, 9.17) is 38.4 Å². The van der Waals surface area contributed by atoms with Crippen molar-refractivity contribution in [3.63, 3.8) is 0 Å². The van der Waals surface area contributed by atoms with E-state index in [9.17, 15) is 36.0 Å². The van der Waals surface area contributed by atoms with Crippen LogP contribution in [0.5, 0.6) is 34.5 Å². The molecule has 3 aliphatic heterocycles. The Morgan fingerprint density at radius 3 is 1.53 bits per heavy atom. The Labute approximate surface area is 864 Å². The highest BCUT2D eigenvalue weighted by Crippen LogP contribution is 2.39. The maximum Gasteiger partial charge on any atom is 0.418 e. The zero-order valence-electron chi connectivity index (χ0n) is 91.4. The van der Waals surface area contributed by atoms with Crippen LogP contribution in [0.1, 0.15) is 271 Å². The van der Waals surface area contributed by atoms with Crippen molar-refractivity contribution in [3.05, 3.63) is 290 Å². The molecule has 11 aromatic rings. The number of para-hydroxylation sites is 2. The topological polar surface area (TPSA) is 216 Å². The van der Waals surface area contributed by atoms with E-state index in [2.05, 4.69) is 248 Å². The van der Waals surface area contributed by atoms with Gasteiger partial charge < -0.3 is 47.5 Å². The Kier molecular flexibility index (Phi) is 47.6. The van der Waals surface area contributed by atoms with Gasteiger partial charge in [0.1, 0.15) is 48.5 Å². The molecule has 0 spiro atoms. The van der Waals surface area contributed by atoms with Gasteiger partial charge in [-0.15, -0.1) is 11.3 Å². The Bertz CT molecular complexity index is 5830. The molecular weight excluding hydrogens is 1850 g/mol. The van der Waals surface area contributed by atoms with Crippen LogP contribution in [0.25, 0.3) is 10.9 Å². The average molecular weight is 2020 g/mol. The van der Waals surface area contributed by atoms with Crippen molar-refractivity contribution in [1.82, 2.24) is 29.1 Å². The number of likely N-dealkylation sites (tertiary alicyclic amines) is 2. The first-order chi connectivity index (χ1) is 67.3. The lowest BCUT2D eigenvalue weighted by Gasteiger charge is -2.38. The quantitative estimate of drug-likeness (QED) is 0.0693. The molecule has 0 saturated carbocycles. The van der Waals surface area contributed by atoms with E-state index >= 15 is 0 Å². The number of methoxy groups -OCH3 is 2. The first-order valence-electron chi connectivity index (χ1n) is 50.3. The number of carbonyl (C=O) groups is 2. The van der Waals surface area contributed by atoms with Crippen LogP contribution in [0.3, 0.4) is 0 Å². The summed E-state index contributed by atoms with van der Waals surface area (Å²) in [6.07, 6.45) is 9.07. The van der Waals surface area contributed by atoms with Gasteiger partial charge in [-0.25, -0.2) is 13.1 Å². The van der Waals surface area contributed by atoms with Crippen molar-refractivity contribution >= 4 is 43.9 Å². The van der Waals surface area contributed by atoms with E-state index in [1.54, 1.807) is 38.5 Å².